The quantitative estimate of drug-likeness (QED) is 0.667. The Hall–Kier alpha value is -2.67. The topological polar surface area (TPSA) is 69.0 Å². The van der Waals surface area contributed by atoms with E-state index in [1.54, 1.807) is 17.9 Å². The van der Waals surface area contributed by atoms with Gasteiger partial charge in [-0.1, -0.05) is 28.1 Å². The van der Waals surface area contributed by atoms with Gasteiger partial charge in [0, 0.05) is 4.47 Å². The van der Waals surface area contributed by atoms with Crippen LogP contribution in [0.3, 0.4) is 0 Å². The number of hydrogen-bond acceptors (Lipinski definition) is 4. The summed E-state index contributed by atoms with van der Waals surface area (Å²) in [4.78, 5) is 16.3. The molecule has 2 atom stereocenters. The number of carbonyl (C=O) groups is 1. The Balaban J connectivity index is 1.58. The van der Waals surface area contributed by atoms with Gasteiger partial charge in [0.25, 0.3) is 5.91 Å². The Bertz CT molecular complexity index is 848. The monoisotopic (exact) mass is 414 g/mol. The molecule has 6 nitrogen and oxygen atoms in total. The lowest BCUT2D eigenvalue weighted by Gasteiger charge is -2.19. The van der Waals surface area contributed by atoms with Crippen molar-refractivity contribution in [3.05, 3.63) is 71.2 Å². The molecular formula is C19H19BrN4O2. The van der Waals surface area contributed by atoms with Crippen molar-refractivity contribution in [2.45, 2.75) is 26.0 Å². The highest BCUT2D eigenvalue weighted by atomic mass is 79.9. The van der Waals surface area contributed by atoms with Gasteiger partial charge in [-0.2, -0.15) is 5.10 Å². The number of benzene rings is 2. The van der Waals surface area contributed by atoms with Crippen LogP contribution in [0.1, 0.15) is 25.5 Å². The highest BCUT2D eigenvalue weighted by Gasteiger charge is 2.17. The van der Waals surface area contributed by atoms with Crippen molar-refractivity contribution in [3.8, 4) is 11.4 Å². The molecule has 134 valence electrons. The minimum absolute atomic E-state index is 0.136. The highest BCUT2D eigenvalue weighted by molar-refractivity contribution is 9.10. The minimum Gasteiger partial charge on any atom is -0.481 e. The second-order valence-electron chi connectivity index (χ2n) is 5.88. The molecule has 0 aliphatic heterocycles. The van der Waals surface area contributed by atoms with E-state index in [2.05, 4.69) is 31.3 Å². The van der Waals surface area contributed by atoms with Crippen molar-refractivity contribution < 1.29 is 9.53 Å². The molecule has 0 saturated carbocycles. The summed E-state index contributed by atoms with van der Waals surface area (Å²) in [7, 11) is 0. The first kappa shape index (κ1) is 18.1. The maximum Gasteiger partial charge on any atom is 0.261 e. The summed E-state index contributed by atoms with van der Waals surface area (Å²) in [6.45, 7) is 3.67. The van der Waals surface area contributed by atoms with Gasteiger partial charge in [0.2, 0.25) is 0 Å². The van der Waals surface area contributed by atoms with Gasteiger partial charge in [-0.05, 0) is 55.8 Å². The van der Waals surface area contributed by atoms with Gasteiger partial charge in [-0.3, -0.25) is 4.79 Å². The predicted octanol–water partition coefficient (Wildman–Crippen LogP) is 3.67. The average molecular weight is 415 g/mol. The van der Waals surface area contributed by atoms with Crippen LogP contribution in [0.15, 0.2) is 65.7 Å². The van der Waals surface area contributed by atoms with Crippen LogP contribution in [-0.4, -0.2) is 26.8 Å². The van der Waals surface area contributed by atoms with E-state index in [-0.39, 0.29) is 11.9 Å². The van der Waals surface area contributed by atoms with Crippen molar-refractivity contribution in [1.29, 1.82) is 0 Å². The third-order valence-corrected chi connectivity index (χ3v) is 4.46. The standard InChI is InChI=1S/C19H19BrN4O2/c1-13(15-3-7-17(8-4-15)24-12-21-11-22-24)23-19(25)14(2)26-18-9-5-16(20)6-10-18/h3-14H,1-2H3,(H,23,25)/t13-,14-/m0/s1. The fourth-order valence-corrected chi connectivity index (χ4v) is 2.71. The fourth-order valence-electron chi connectivity index (χ4n) is 2.44. The lowest BCUT2D eigenvalue weighted by atomic mass is 10.1. The summed E-state index contributed by atoms with van der Waals surface area (Å²) in [5.74, 6) is 0.487. The van der Waals surface area contributed by atoms with Crippen LogP contribution in [-0.2, 0) is 4.79 Å². The van der Waals surface area contributed by atoms with E-state index in [4.69, 9.17) is 4.74 Å². The largest absolute Gasteiger partial charge is 0.481 e. The second-order valence-corrected chi connectivity index (χ2v) is 6.79. The van der Waals surface area contributed by atoms with E-state index in [0.717, 1.165) is 15.7 Å². The van der Waals surface area contributed by atoms with Crippen LogP contribution < -0.4 is 10.1 Å². The smallest absolute Gasteiger partial charge is 0.261 e. The number of halogens is 1. The number of nitrogens with one attached hydrogen (secondary N) is 1. The lowest BCUT2D eigenvalue weighted by Crippen LogP contribution is -2.37. The Morgan fingerprint density at radius 3 is 2.42 bits per heavy atom. The summed E-state index contributed by atoms with van der Waals surface area (Å²) in [6.07, 6.45) is 2.54. The molecule has 0 aliphatic rings. The molecule has 2 aromatic carbocycles. The molecular weight excluding hydrogens is 396 g/mol. The average Bonchev–Trinajstić information content (AvgIpc) is 3.18. The van der Waals surface area contributed by atoms with Crippen molar-refractivity contribution >= 4 is 21.8 Å². The zero-order chi connectivity index (χ0) is 18.5. The number of aromatic nitrogens is 3. The van der Waals surface area contributed by atoms with Gasteiger partial charge in [0.05, 0.1) is 11.7 Å². The summed E-state index contributed by atoms with van der Waals surface area (Å²) >= 11 is 3.37. The molecule has 0 aliphatic carbocycles. The number of amides is 1. The third kappa shape index (κ3) is 4.49. The molecule has 0 unspecified atom stereocenters. The number of carbonyl (C=O) groups excluding carboxylic acids is 1. The molecule has 1 heterocycles. The van der Waals surface area contributed by atoms with Crippen LogP contribution in [0, 0.1) is 0 Å². The van der Waals surface area contributed by atoms with Gasteiger partial charge < -0.3 is 10.1 Å². The third-order valence-electron chi connectivity index (χ3n) is 3.93. The summed E-state index contributed by atoms with van der Waals surface area (Å²) in [5, 5.41) is 7.07. The Kier molecular flexibility index (Phi) is 5.68. The number of rotatable bonds is 6. The summed E-state index contributed by atoms with van der Waals surface area (Å²) in [6, 6.07) is 15.1. The van der Waals surface area contributed by atoms with E-state index < -0.39 is 6.10 Å². The van der Waals surface area contributed by atoms with Crippen LogP contribution in [0.5, 0.6) is 5.75 Å². The first-order chi connectivity index (χ1) is 12.5. The molecule has 7 heteroatoms. The molecule has 0 saturated heterocycles. The first-order valence-corrected chi connectivity index (χ1v) is 9.00. The van der Waals surface area contributed by atoms with Gasteiger partial charge >= 0.3 is 0 Å². The van der Waals surface area contributed by atoms with Gasteiger partial charge in [0.15, 0.2) is 6.10 Å². The van der Waals surface area contributed by atoms with Gasteiger partial charge in [0.1, 0.15) is 18.4 Å². The van der Waals surface area contributed by atoms with Crippen LogP contribution in [0.25, 0.3) is 5.69 Å². The molecule has 0 fully saturated rings. The normalized spacial score (nSPS) is 13.0. The zero-order valence-corrected chi connectivity index (χ0v) is 16.1. The lowest BCUT2D eigenvalue weighted by molar-refractivity contribution is -0.127. The predicted molar refractivity (Wildman–Crippen MR) is 102 cm³/mol. The highest BCUT2D eigenvalue weighted by Crippen LogP contribution is 2.18. The molecule has 3 rings (SSSR count). The Labute approximate surface area is 160 Å². The van der Waals surface area contributed by atoms with E-state index >= 15 is 0 Å². The SMILES string of the molecule is C[C@H](Oc1ccc(Br)cc1)C(=O)N[C@@H](C)c1ccc(-n2cncn2)cc1. The molecule has 26 heavy (non-hydrogen) atoms. The Morgan fingerprint density at radius 1 is 1.12 bits per heavy atom. The molecule has 0 spiro atoms. The first-order valence-electron chi connectivity index (χ1n) is 8.20. The second kappa shape index (κ2) is 8.14. The minimum atomic E-state index is -0.590. The zero-order valence-electron chi connectivity index (χ0n) is 14.5. The summed E-state index contributed by atoms with van der Waals surface area (Å²) < 4.78 is 8.33. The summed E-state index contributed by atoms with van der Waals surface area (Å²) in [5.41, 5.74) is 1.91. The molecule has 1 aromatic heterocycles. The number of hydrogen-bond donors (Lipinski definition) is 1. The molecule has 1 N–H and O–H groups in total. The van der Waals surface area contributed by atoms with E-state index in [1.807, 2.05) is 55.5 Å². The van der Waals surface area contributed by atoms with Crippen LogP contribution >= 0.6 is 15.9 Å². The number of nitrogens with zero attached hydrogens (tertiary/aromatic N) is 3. The maximum atomic E-state index is 12.4. The maximum absolute atomic E-state index is 12.4. The van der Waals surface area contributed by atoms with E-state index in [9.17, 15) is 4.79 Å². The molecule has 0 radical (unpaired) electrons. The van der Waals surface area contributed by atoms with Crippen molar-refractivity contribution in [2.24, 2.45) is 0 Å². The van der Waals surface area contributed by atoms with Gasteiger partial charge in [-0.15, -0.1) is 0 Å². The van der Waals surface area contributed by atoms with Crippen LogP contribution in [0.2, 0.25) is 0 Å². The van der Waals surface area contributed by atoms with E-state index in [1.165, 1.54) is 6.33 Å². The molecule has 3 aromatic rings. The fraction of sp³-hybridized carbons (Fsp3) is 0.211. The Morgan fingerprint density at radius 2 is 1.81 bits per heavy atom. The van der Waals surface area contributed by atoms with Crippen molar-refractivity contribution in [3.63, 3.8) is 0 Å². The molecule has 1 amide bonds. The van der Waals surface area contributed by atoms with E-state index in [0.29, 0.717) is 5.75 Å². The van der Waals surface area contributed by atoms with Crippen molar-refractivity contribution in [1.82, 2.24) is 20.1 Å². The van der Waals surface area contributed by atoms with Crippen molar-refractivity contribution in [2.75, 3.05) is 0 Å². The molecule has 0 bridgehead atoms. The number of ether oxygens (including phenoxy) is 1. The van der Waals surface area contributed by atoms with Crippen LogP contribution in [0.4, 0.5) is 0 Å². The van der Waals surface area contributed by atoms with Gasteiger partial charge in [-0.25, -0.2) is 9.67 Å².